The van der Waals surface area contributed by atoms with E-state index in [1.807, 2.05) is 56.3 Å². The number of nitrogens with one attached hydrogen (secondary N) is 1. The van der Waals surface area contributed by atoms with Crippen molar-refractivity contribution in [2.24, 2.45) is 7.05 Å². The van der Waals surface area contributed by atoms with Crippen molar-refractivity contribution in [3.8, 4) is 16.9 Å². The largest absolute Gasteiger partial charge is 0.497 e. The molecule has 8 heteroatoms. The number of quaternary nitrogens is 1. The normalized spacial score (nSPS) is 12.3. The molecule has 0 aliphatic rings. The molecule has 2 aromatic carbocycles. The molecular formula is C29H36N3O5+. The number of hydrogen-bond donors (Lipinski definition) is 3. The fourth-order valence-corrected chi connectivity index (χ4v) is 4.26. The number of pyridine rings is 1. The van der Waals surface area contributed by atoms with Gasteiger partial charge in [-0.05, 0) is 75.6 Å². The van der Waals surface area contributed by atoms with Gasteiger partial charge in [0.05, 0.1) is 24.0 Å². The van der Waals surface area contributed by atoms with E-state index in [9.17, 15) is 14.7 Å². The molecule has 196 valence electrons. The zero-order valence-corrected chi connectivity index (χ0v) is 22.5. The van der Waals surface area contributed by atoms with E-state index in [1.54, 1.807) is 40.2 Å². The van der Waals surface area contributed by atoms with Crippen molar-refractivity contribution in [1.82, 2.24) is 4.57 Å². The van der Waals surface area contributed by atoms with Gasteiger partial charge in [-0.2, -0.15) is 0 Å². The Morgan fingerprint density at radius 2 is 1.78 bits per heavy atom. The predicted octanol–water partition coefficient (Wildman–Crippen LogP) is 4.01. The fraction of sp³-hybridized carbons (Fsp3) is 0.345. The van der Waals surface area contributed by atoms with E-state index in [1.165, 1.54) is 4.57 Å². The number of carboxylic acids is 1. The molecule has 0 saturated carbocycles. The van der Waals surface area contributed by atoms with Crippen molar-refractivity contribution in [3.05, 3.63) is 80.8 Å². The van der Waals surface area contributed by atoms with E-state index in [-0.39, 0.29) is 5.69 Å². The predicted molar refractivity (Wildman–Crippen MR) is 144 cm³/mol. The van der Waals surface area contributed by atoms with Crippen LogP contribution in [0.1, 0.15) is 54.8 Å². The average molecular weight is 507 g/mol. The summed E-state index contributed by atoms with van der Waals surface area (Å²) in [5.74, 6) is -0.472. The summed E-state index contributed by atoms with van der Waals surface area (Å²) < 4.78 is 12.5. The topological polar surface area (TPSA) is 118 Å². The Kier molecular flexibility index (Phi) is 8.35. The van der Waals surface area contributed by atoms with Crippen LogP contribution in [-0.2, 0) is 23.1 Å². The number of ether oxygens (including phenoxy) is 2. The third-order valence-electron chi connectivity index (χ3n) is 6.30. The first-order valence-corrected chi connectivity index (χ1v) is 12.1. The molecule has 0 fully saturated rings. The molecule has 37 heavy (non-hydrogen) atoms. The van der Waals surface area contributed by atoms with Gasteiger partial charge < -0.3 is 29.9 Å². The maximum Gasteiger partial charge on any atom is 0.339 e. The van der Waals surface area contributed by atoms with Gasteiger partial charge in [0.15, 0.2) is 6.10 Å². The highest BCUT2D eigenvalue weighted by Gasteiger charge is 2.35. The van der Waals surface area contributed by atoms with Crippen LogP contribution in [0, 0.1) is 19.3 Å². The highest BCUT2D eigenvalue weighted by atomic mass is 16.5. The van der Waals surface area contributed by atoms with Gasteiger partial charge in [0.2, 0.25) is 5.69 Å². The van der Waals surface area contributed by atoms with Crippen molar-refractivity contribution < 1.29 is 24.7 Å². The van der Waals surface area contributed by atoms with Crippen LogP contribution in [0.5, 0.6) is 5.75 Å². The number of nitrogens with zero attached hydrogens (tertiary/aromatic N) is 1. The molecular weight excluding hydrogens is 470 g/mol. The smallest absolute Gasteiger partial charge is 0.339 e. The Bertz CT molecular complexity index is 1370. The monoisotopic (exact) mass is 506 g/mol. The van der Waals surface area contributed by atoms with Crippen LogP contribution in [0.15, 0.2) is 47.3 Å². The van der Waals surface area contributed by atoms with Crippen molar-refractivity contribution in [3.63, 3.8) is 0 Å². The molecule has 1 heterocycles. The summed E-state index contributed by atoms with van der Waals surface area (Å²) in [6.45, 7) is 9.73. The zero-order valence-electron chi connectivity index (χ0n) is 22.5. The molecule has 0 amide bonds. The first-order chi connectivity index (χ1) is 17.4. The van der Waals surface area contributed by atoms with Crippen LogP contribution in [0.25, 0.3) is 11.1 Å². The van der Waals surface area contributed by atoms with Gasteiger partial charge in [0.25, 0.3) is 0 Å². The number of benzene rings is 2. The lowest BCUT2D eigenvalue weighted by molar-refractivity contribution is -0.589. The molecule has 4 N–H and O–H groups in total. The highest BCUT2D eigenvalue weighted by Crippen LogP contribution is 2.36. The van der Waals surface area contributed by atoms with Crippen molar-refractivity contribution in [1.29, 1.82) is 5.41 Å². The van der Waals surface area contributed by atoms with Crippen molar-refractivity contribution in [2.45, 2.75) is 52.9 Å². The Balaban J connectivity index is 2.29. The first kappa shape index (κ1) is 27.8. The second kappa shape index (κ2) is 11.1. The number of aromatic nitrogens is 1. The lowest BCUT2D eigenvalue weighted by Crippen LogP contribution is -2.79. The van der Waals surface area contributed by atoms with Gasteiger partial charge in [0, 0.05) is 24.4 Å². The third-order valence-corrected chi connectivity index (χ3v) is 6.30. The van der Waals surface area contributed by atoms with E-state index in [0.29, 0.717) is 23.4 Å². The summed E-state index contributed by atoms with van der Waals surface area (Å²) in [5.41, 5.74) is 4.00. The number of rotatable bonds is 9. The molecule has 1 unspecified atom stereocenters. The average Bonchev–Trinajstić information content (AvgIpc) is 2.84. The van der Waals surface area contributed by atoms with Crippen LogP contribution in [0.2, 0.25) is 0 Å². The number of aliphatic carboxylic acids is 1. The summed E-state index contributed by atoms with van der Waals surface area (Å²) in [6.07, 6.45) is -0.283. The lowest BCUT2D eigenvalue weighted by atomic mass is 9.92. The SMILES string of the molecule is COc1ccc(C[NH2+]c2c(C=N)c(-c3ccc(C)c(C)c3)c(C(OC(C)(C)C)C(=O)O)n(C)c2=O)cc1. The standard InChI is InChI=1S/C29H35N3O5/c1-17-8-11-20(14-18(17)2)23-22(15-30)24(31-16-19-9-12-21(36-7)13-10-19)27(33)32(6)25(23)26(28(34)35)37-29(3,4)5/h8-15,26,30-31H,16H2,1-7H3,(H,34,35)/p+1. The molecule has 0 saturated heterocycles. The molecule has 0 bridgehead atoms. The first-order valence-electron chi connectivity index (χ1n) is 12.1. The second-order valence-corrected chi connectivity index (χ2v) is 10.1. The molecule has 1 aromatic heterocycles. The van der Waals surface area contributed by atoms with Crippen molar-refractivity contribution >= 4 is 17.9 Å². The number of carboxylic acid groups (broad SMARTS) is 1. The van der Waals surface area contributed by atoms with E-state index in [0.717, 1.165) is 34.2 Å². The Labute approximate surface area is 217 Å². The van der Waals surface area contributed by atoms with Gasteiger partial charge in [-0.1, -0.05) is 18.2 Å². The Hall–Kier alpha value is -3.75. The van der Waals surface area contributed by atoms with Gasteiger partial charge >= 0.3 is 11.5 Å². The molecule has 0 aliphatic carbocycles. The van der Waals surface area contributed by atoms with Gasteiger partial charge in [0.1, 0.15) is 12.3 Å². The highest BCUT2D eigenvalue weighted by molar-refractivity contribution is 5.95. The summed E-state index contributed by atoms with van der Waals surface area (Å²) in [4.78, 5) is 26.1. The summed E-state index contributed by atoms with van der Waals surface area (Å²) in [6, 6.07) is 13.3. The Morgan fingerprint density at radius 1 is 1.14 bits per heavy atom. The fourth-order valence-electron chi connectivity index (χ4n) is 4.26. The van der Waals surface area contributed by atoms with Crippen LogP contribution in [0.4, 0.5) is 5.69 Å². The molecule has 0 aliphatic heterocycles. The van der Waals surface area contributed by atoms with E-state index in [2.05, 4.69) is 0 Å². The summed E-state index contributed by atoms with van der Waals surface area (Å²) >= 11 is 0. The van der Waals surface area contributed by atoms with Crippen LogP contribution >= 0.6 is 0 Å². The maximum absolute atomic E-state index is 13.6. The van der Waals surface area contributed by atoms with E-state index >= 15 is 0 Å². The quantitative estimate of drug-likeness (QED) is 0.379. The van der Waals surface area contributed by atoms with Crippen LogP contribution < -0.4 is 15.6 Å². The third kappa shape index (κ3) is 6.15. The summed E-state index contributed by atoms with van der Waals surface area (Å²) in [7, 11) is 3.16. The molecule has 1 atom stereocenters. The molecule has 0 radical (unpaired) electrons. The zero-order chi connectivity index (χ0) is 27.5. The van der Waals surface area contributed by atoms with Crippen LogP contribution in [-0.4, -0.2) is 34.6 Å². The van der Waals surface area contributed by atoms with Crippen molar-refractivity contribution in [2.75, 3.05) is 7.11 Å². The van der Waals surface area contributed by atoms with Gasteiger partial charge in [-0.3, -0.25) is 4.79 Å². The van der Waals surface area contributed by atoms with E-state index < -0.39 is 23.2 Å². The van der Waals surface area contributed by atoms with E-state index in [4.69, 9.17) is 14.9 Å². The van der Waals surface area contributed by atoms with Gasteiger partial charge in [-0.15, -0.1) is 0 Å². The molecule has 8 nitrogen and oxygen atoms in total. The maximum atomic E-state index is 13.6. The van der Waals surface area contributed by atoms with Gasteiger partial charge in [-0.25, -0.2) is 4.79 Å². The molecule has 3 rings (SSSR count). The minimum Gasteiger partial charge on any atom is -0.497 e. The second-order valence-electron chi connectivity index (χ2n) is 10.1. The number of nitrogens with two attached hydrogens (primary N) is 1. The number of methoxy groups -OCH3 is 1. The molecule has 3 aromatic rings. The number of carbonyl (C=O) groups is 1. The molecule has 0 spiro atoms. The Morgan fingerprint density at radius 3 is 2.30 bits per heavy atom. The lowest BCUT2D eigenvalue weighted by Gasteiger charge is -2.29. The number of aryl methyl sites for hydroxylation is 2. The number of hydrogen-bond acceptors (Lipinski definition) is 5. The summed E-state index contributed by atoms with van der Waals surface area (Å²) in [5, 5.41) is 20.3. The minimum absolute atomic E-state index is 0.204. The van der Waals surface area contributed by atoms with Crippen LogP contribution in [0.3, 0.4) is 0 Å². The minimum atomic E-state index is -1.41.